The lowest BCUT2D eigenvalue weighted by Crippen LogP contribution is -1.71. The lowest BCUT2D eigenvalue weighted by molar-refractivity contribution is 1.25. The number of rotatable bonds is 3. The van der Waals surface area contributed by atoms with Gasteiger partial charge in [-0.25, -0.2) is 9.98 Å². The molecule has 0 aromatic carbocycles. The van der Waals surface area contributed by atoms with E-state index in [1.54, 1.807) is 6.20 Å². The summed E-state index contributed by atoms with van der Waals surface area (Å²) in [5.74, 6) is 0.504. The van der Waals surface area contributed by atoms with Gasteiger partial charge in [-0.15, -0.1) is 34.5 Å². The van der Waals surface area contributed by atoms with Crippen molar-refractivity contribution in [3.8, 4) is 0 Å². The van der Waals surface area contributed by atoms with Crippen molar-refractivity contribution in [3.05, 3.63) is 27.2 Å². The summed E-state index contributed by atoms with van der Waals surface area (Å²) in [6, 6.07) is 0. The molecule has 0 spiro atoms. The van der Waals surface area contributed by atoms with E-state index in [0.29, 0.717) is 21.9 Å². The largest absolute Gasteiger partial charge is 0.233 e. The Morgan fingerprint density at radius 3 is 2.41 bits per heavy atom. The van der Waals surface area contributed by atoms with Gasteiger partial charge >= 0.3 is 0 Å². The lowest BCUT2D eigenvalue weighted by Gasteiger charge is -1.79. The molecule has 0 amide bonds. The molecular formula is C9H10Cl4N2S2. The molecule has 1 aromatic rings. The molecular weight excluding hydrogens is 342 g/mol. The molecule has 1 aromatic heterocycles. The van der Waals surface area contributed by atoms with Crippen LogP contribution >= 0.6 is 70.0 Å². The van der Waals surface area contributed by atoms with Gasteiger partial charge in [0.15, 0.2) is 4.47 Å². The predicted octanol–water partition coefficient (Wildman–Crippen LogP) is 5.23. The first-order chi connectivity index (χ1) is 8.10. The number of nitrogens with zero attached hydrogens (tertiary/aromatic N) is 2. The van der Waals surface area contributed by atoms with E-state index in [4.69, 9.17) is 34.8 Å². The van der Waals surface area contributed by atoms with Crippen LogP contribution in [0.3, 0.4) is 0 Å². The van der Waals surface area contributed by atoms with Gasteiger partial charge in [0.05, 0.1) is 17.6 Å². The van der Waals surface area contributed by atoms with Gasteiger partial charge in [-0.05, 0) is 12.2 Å². The quantitative estimate of drug-likeness (QED) is 0.423. The Morgan fingerprint density at radius 1 is 1.65 bits per heavy atom. The average molecular weight is 352 g/mol. The van der Waals surface area contributed by atoms with E-state index in [2.05, 4.69) is 45.5 Å². The number of hydrogen-bond acceptors (Lipinski definition) is 4. The van der Waals surface area contributed by atoms with Crippen LogP contribution < -0.4 is 0 Å². The van der Waals surface area contributed by atoms with Gasteiger partial charge in [0.1, 0.15) is 0 Å². The van der Waals surface area contributed by atoms with E-state index < -0.39 is 0 Å². The van der Waals surface area contributed by atoms with Crippen LogP contribution in [0.1, 0.15) is 4.88 Å². The zero-order valence-electron chi connectivity index (χ0n) is 8.92. The van der Waals surface area contributed by atoms with Crippen molar-refractivity contribution < 1.29 is 0 Å². The average Bonchev–Trinajstić information content (AvgIpc) is 2.76. The normalized spacial score (nSPS) is 7.82. The van der Waals surface area contributed by atoms with Crippen molar-refractivity contribution in [3.63, 3.8) is 0 Å². The van der Waals surface area contributed by atoms with Crippen LogP contribution in [-0.2, 0) is 5.88 Å². The van der Waals surface area contributed by atoms with Crippen molar-refractivity contribution >= 4 is 75.1 Å². The standard InChI is InChI=1S/C4H3Cl2NS.C4H4ClNS.CH3Cl/c5-1-3-2-7-4(6)8-3;1-4(5)2-6-3-7;1-2/h2H,1H2;1-2H2;1H3. The maximum absolute atomic E-state index is 5.49. The molecule has 0 aliphatic heterocycles. The predicted molar refractivity (Wildman–Crippen MR) is 83.3 cm³/mol. The highest BCUT2D eigenvalue weighted by atomic mass is 35.5. The summed E-state index contributed by atoms with van der Waals surface area (Å²) in [7, 11) is 0. The van der Waals surface area contributed by atoms with Gasteiger partial charge < -0.3 is 0 Å². The number of hydrogen-bond donors (Lipinski definition) is 0. The molecule has 2 nitrogen and oxygen atoms in total. The summed E-state index contributed by atoms with van der Waals surface area (Å²) in [5, 5.41) is 2.65. The molecule has 0 saturated carbocycles. The molecule has 1 heterocycles. The minimum absolute atomic E-state index is 0.380. The minimum atomic E-state index is 0.380. The van der Waals surface area contributed by atoms with Gasteiger partial charge in [-0.1, -0.05) is 29.8 Å². The number of isothiocyanates is 1. The second-order valence-electron chi connectivity index (χ2n) is 2.14. The third kappa shape index (κ3) is 14.3. The molecule has 0 aliphatic carbocycles. The molecule has 0 aliphatic rings. The third-order valence-electron chi connectivity index (χ3n) is 0.972. The van der Waals surface area contributed by atoms with Gasteiger partial charge in [0.2, 0.25) is 0 Å². The van der Waals surface area contributed by atoms with E-state index >= 15 is 0 Å². The van der Waals surface area contributed by atoms with Crippen LogP contribution in [0.5, 0.6) is 0 Å². The number of thiazole rings is 1. The second-order valence-corrected chi connectivity index (χ2v) is 4.82. The lowest BCUT2D eigenvalue weighted by atomic mass is 10.6. The summed E-state index contributed by atoms with van der Waals surface area (Å²) in [4.78, 5) is 8.30. The van der Waals surface area contributed by atoms with Crippen molar-refractivity contribution in [2.75, 3.05) is 12.9 Å². The highest BCUT2D eigenvalue weighted by Crippen LogP contribution is 2.18. The zero-order valence-corrected chi connectivity index (χ0v) is 13.6. The van der Waals surface area contributed by atoms with E-state index in [1.807, 2.05) is 0 Å². The Morgan fingerprint density at radius 2 is 2.24 bits per heavy atom. The first-order valence-electron chi connectivity index (χ1n) is 4.01. The summed E-state index contributed by atoms with van der Waals surface area (Å²) < 4.78 is 0.556. The molecule has 0 fully saturated rings. The van der Waals surface area contributed by atoms with E-state index in [1.165, 1.54) is 17.7 Å². The highest BCUT2D eigenvalue weighted by molar-refractivity contribution is 7.78. The first kappa shape index (κ1) is 19.7. The minimum Gasteiger partial charge on any atom is -0.233 e. The first-order valence-corrected chi connectivity index (χ1v) is 7.28. The molecule has 0 N–H and O–H groups in total. The maximum Gasteiger partial charge on any atom is 0.183 e. The van der Waals surface area contributed by atoms with Gasteiger partial charge in [-0.2, -0.15) is 0 Å². The number of alkyl halides is 2. The van der Waals surface area contributed by atoms with Crippen molar-refractivity contribution in [1.82, 2.24) is 4.98 Å². The Hall–Kier alpha value is 0.330. The van der Waals surface area contributed by atoms with Crippen LogP contribution in [-0.4, -0.2) is 23.1 Å². The smallest absolute Gasteiger partial charge is 0.183 e. The van der Waals surface area contributed by atoms with Gasteiger partial charge in [-0.3, -0.25) is 0 Å². The Bertz CT molecular complexity index is 362. The zero-order chi connectivity index (χ0) is 13.7. The molecule has 0 unspecified atom stereocenters. The molecule has 17 heavy (non-hydrogen) atoms. The van der Waals surface area contributed by atoms with Crippen LogP contribution in [0.15, 0.2) is 22.8 Å². The monoisotopic (exact) mass is 350 g/mol. The van der Waals surface area contributed by atoms with Gasteiger partial charge in [0.25, 0.3) is 0 Å². The van der Waals surface area contributed by atoms with Gasteiger partial charge in [0, 0.05) is 22.5 Å². The summed E-state index contributed by atoms with van der Waals surface area (Å²) in [6.45, 7) is 3.76. The number of halogens is 4. The second kappa shape index (κ2) is 14.4. The maximum atomic E-state index is 5.49. The summed E-state index contributed by atoms with van der Waals surface area (Å²) >= 11 is 26.5. The van der Waals surface area contributed by atoms with Crippen LogP contribution in [0, 0.1) is 0 Å². The fourth-order valence-electron chi connectivity index (χ4n) is 0.463. The van der Waals surface area contributed by atoms with E-state index in [-0.39, 0.29) is 0 Å². The Kier molecular flexibility index (Phi) is 16.6. The van der Waals surface area contributed by atoms with E-state index in [0.717, 1.165) is 4.88 Å². The van der Waals surface area contributed by atoms with Crippen LogP contribution in [0.25, 0.3) is 0 Å². The fraction of sp³-hybridized carbons (Fsp3) is 0.333. The van der Waals surface area contributed by atoms with E-state index in [9.17, 15) is 0 Å². The number of aromatic nitrogens is 1. The number of thiocarbonyl (C=S) groups is 1. The molecule has 8 heteroatoms. The SMILES string of the molecule is C=C(Cl)CN=C=S.CCl.ClCc1cnc(Cl)s1. The molecule has 0 radical (unpaired) electrons. The molecule has 96 valence electrons. The van der Waals surface area contributed by atoms with Crippen molar-refractivity contribution in [1.29, 1.82) is 0 Å². The van der Waals surface area contributed by atoms with Crippen molar-refractivity contribution in [2.24, 2.45) is 4.99 Å². The molecule has 0 atom stereocenters. The topological polar surface area (TPSA) is 25.2 Å². The fourth-order valence-corrected chi connectivity index (χ4v) is 1.65. The van der Waals surface area contributed by atoms with Crippen LogP contribution in [0.2, 0.25) is 4.47 Å². The summed E-state index contributed by atoms with van der Waals surface area (Å²) in [6.07, 6.45) is 3.15. The molecule has 0 bridgehead atoms. The third-order valence-corrected chi connectivity index (χ3v) is 2.78. The Balaban J connectivity index is 0. The number of aliphatic imine (C=N–C) groups is 1. The highest BCUT2D eigenvalue weighted by Gasteiger charge is 1.94. The Labute approximate surface area is 130 Å². The van der Waals surface area contributed by atoms with Crippen LogP contribution in [0.4, 0.5) is 0 Å². The molecule has 1 rings (SSSR count). The van der Waals surface area contributed by atoms with Crippen molar-refractivity contribution in [2.45, 2.75) is 5.88 Å². The summed E-state index contributed by atoms with van der Waals surface area (Å²) in [5.41, 5.74) is 0. The molecule has 0 saturated heterocycles.